The first-order chi connectivity index (χ1) is 13.3. The van der Waals surface area contributed by atoms with E-state index in [1.807, 2.05) is 0 Å². The Hall–Kier alpha value is -1.32. The van der Waals surface area contributed by atoms with Crippen molar-refractivity contribution in [1.29, 1.82) is 0 Å². The van der Waals surface area contributed by atoms with Crippen LogP contribution in [-0.4, -0.2) is 25.2 Å². The van der Waals surface area contributed by atoms with Crippen molar-refractivity contribution in [3.63, 3.8) is 0 Å². The van der Waals surface area contributed by atoms with E-state index in [0.29, 0.717) is 36.9 Å². The Morgan fingerprint density at radius 3 is 1.32 bits per heavy atom. The van der Waals surface area contributed by atoms with Gasteiger partial charge in [0.15, 0.2) is 0 Å². The van der Waals surface area contributed by atoms with Crippen LogP contribution < -0.4 is 0 Å². The van der Waals surface area contributed by atoms with Gasteiger partial charge in [0, 0.05) is 12.2 Å². The van der Waals surface area contributed by atoms with Gasteiger partial charge in [-0.1, -0.05) is 80.1 Å². The van der Waals surface area contributed by atoms with Crippen LogP contribution in [0.25, 0.3) is 0 Å². The molecule has 0 heterocycles. The first-order valence-electron chi connectivity index (χ1n) is 11.3. The lowest BCUT2D eigenvalue weighted by Crippen LogP contribution is -2.14. The molecule has 0 N–H and O–H groups in total. The number of rotatable bonds is 16. The Balaban J connectivity index is 4.10. The van der Waals surface area contributed by atoms with E-state index in [0.717, 1.165) is 12.8 Å². The third-order valence-corrected chi connectivity index (χ3v) is 5.56. The molecule has 0 aromatic rings. The highest BCUT2D eigenvalue weighted by Gasteiger charge is 2.14. The van der Waals surface area contributed by atoms with Gasteiger partial charge in [0.2, 0.25) is 0 Å². The molecule has 0 aromatic heterocycles. The molecule has 0 aromatic carbocycles. The van der Waals surface area contributed by atoms with E-state index in [4.69, 9.17) is 9.47 Å². The molecule has 2 unspecified atom stereocenters. The average Bonchev–Trinajstić information content (AvgIpc) is 2.64. The van der Waals surface area contributed by atoms with Crippen molar-refractivity contribution < 1.29 is 19.1 Å². The second-order valence-corrected chi connectivity index (χ2v) is 8.54. The Bertz CT molecular complexity index is 400. The van der Waals surface area contributed by atoms with Gasteiger partial charge in [-0.05, 0) is 36.5 Å². The van der Waals surface area contributed by atoms with Gasteiger partial charge in [-0.2, -0.15) is 0 Å². The Morgan fingerprint density at radius 1 is 0.679 bits per heavy atom. The molecule has 0 amide bonds. The third-order valence-electron chi connectivity index (χ3n) is 5.56. The minimum absolute atomic E-state index is 0.401. The number of unbranched alkanes of at least 4 members (excludes halogenated alkanes) is 2. The maximum Gasteiger partial charge on any atom is 0.331 e. The van der Waals surface area contributed by atoms with Crippen LogP contribution in [0.2, 0.25) is 0 Å². The molecule has 0 spiro atoms. The molecule has 0 saturated heterocycles. The molecule has 28 heavy (non-hydrogen) atoms. The predicted molar refractivity (Wildman–Crippen MR) is 116 cm³/mol. The van der Waals surface area contributed by atoms with Crippen molar-refractivity contribution in [2.24, 2.45) is 23.7 Å². The lowest BCUT2D eigenvalue weighted by molar-refractivity contribution is -0.141. The van der Waals surface area contributed by atoms with E-state index in [9.17, 15) is 9.59 Å². The third kappa shape index (κ3) is 13.8. The Kier molecular flexibility index (Phi) is 15.8. The molecule has 164 valence electrons. The summed E-state index contributed by atoms with van der Waals surface area (Å²) in [5, 5.41) is 0. The fourth-order valence-electron chi connectivity index (χ4n) is 3.41. The summed E-state index contributed by atoms with van der Waals surface area (Å²) in [6.45, 7) is 14.0. The van der Waals surface area contributed by atoms with E-state index < -0.39 is 11.9 Å². The molecule has 0 fully saturated rings. The highest BCUT2D eigenvalue weighted by molar-refractivity contribution is 5.91. The zero-order valence-corrected chi connectivity index (χ0v) is 19.2. The predicted octanol–water partition coefficient (Wildman–Crippen LogP) is 6.33. The normalized spacial score (nSPS) is 13.9. The molecular weight excluding hydrogens is 352 g/mol. The second-order valence-electron chi connectivity index (χ2n) is 8.54. The molecular formula is C24H44O4. The van der Waals surface area contributed by atoms with E-state index in [1.54, 1.807) is 0 Å². The van der Waals surface area contributed by atoms with Gasteiger partial charge < -0.3 is 9.47 Å². The summed E-state index contributed by atoms with van der Waals surface area (Å²) in [6, 6.07) is 0. The van der Waals surface area contributed by atoms with Gasteiger partial charge >= 0.3 is 11.9 Å². The quantitative estimate of drug-likeness (QED) is 0.226. The summed E-state index contributed by atoms with van der Waals surface area (Å²) in [4.78, 5) is 23.6. The summed E-state index contributed by atoms with van der Waals surface area (Å²) >= 11 is 0. The maximum absolute atomic E-state index is 11.8. The van der Waals surface area contributed by atoms with Crippen LogP contribution in [0, 0.1) is 23.7 Å². The molecule has 0 aliphatic carbocycles. The molecule has 4 nitrogen and oxygen atoms in total. The summed E-state index contributed by atoms with van der Waals surface area (Å²) in [6.07, 6.45) is 11.2. The smallest absolute Gasteiger partial charge is 0.331 e. The molecule has 0 rings (SSSR count). The molecule has 0 aliphatic heterocycles. The van der Waals surface area contributed by atoms with Gasteiger partial charge in [0.1, 0.15) is 0 Å². The highest BCUT2D eigenvalue weighted by Crippen LogP contribution is 2.22. The van der Waals surface area contributed by atoms with E-state index in [2.05, 4.69) is 41.5 Å². The van der Waals surface area contributed by atoms with Gasteiger partial charge in [0.25, 0.3) is 0 Å². The van der Waals surface area contributed by atoms with E-state index >= 15 is 0 Å². The summed E-state index contributed by atoms with van der Waals surface area (Å²) in [5.74, 6) is 1.37. The number of hydrogen-bond acceptors (Lipinski definition) is 4. The fourth-order valence-corrected chi connectivity index (χ4v) is 3.41. The van der Waals surface area contributed by atoms with Crippen molar-refractivity contribution >= 4 is 11.9 Å². The number of ether oxygens (including phenoxy) is 2. The van der Waals surface area contributed by atoms with Crippen LogP contribution >= 0.6 is 0 Å². The largest absolute Gasteiger partial charge is 0.463 e. The van der Waals surface area contributed by atoms with E-state index in [1.165, 1.54) is 50.7 Å². The van der Waals surface area contributed by atoms with Crippen molar-refractivity contribution in [1.82, 2.24) is 0 Å². The van der Waals surface area contributed by atoms with Crippen LogP contribution in [0.3, 0.4) is 0 Å². The minimum Gasteiger partial charge on any atom is -0.463 e. The standard InChI is InChI=1S/C24H44O4/c1-7-9-11-21(19(3)4)15-17-27-23(25)13-14-24(26)28-18-16-22(20(5)6)12-10-8-2/h13-14,19-22H,7-12,15-18H2,1-6H3/b14-13-. The van der Waals surface area contributed by atoms with Crippen LogP contribution in [0.15, 0.2) is 12.2 Å². The van der Waals surface area contributed by atoms with Gasteiger partial charge in [-0.15, -0.1) is 0 Å². The zero-order chi connectivity index (χ0) is 21.4. The maximum atomic E-state index is 11.8. The monoisotopic (exact) mass is 396 g/mol. The molecule has 4 heteroatoms. The molecule has 2 atom stereocenters. The Morgan fingerprint density at radius 2 is 1.04 bits per heavy atom. The minimum atomic E-state index is -0.474. The Labute approximate surface area is 173 Å². The number of esters is 2. The lowest BCUT2D eigenvalue weighted by Gasteiger charge is -2.20. The SMILES string of the molecule is CCCCC(CCOC(=O)/C=C\C(=O)OCCC(CCCC)C(C)C)C(C)C. The molecule has 0 radical (unpaired) electrons. The van der Waals surface area contributed by atoms with Crippen molar-refractivity contribution in [3.05, 3.63) is 12.2 Å². The van der Waals surface area contributed by atoms with Crippen molar-refractivity contribution in [2.75, 3.05) is 13.2 Å². The first-order valence-corrected chi connectivity index (χ1v) is 11.3. The number of carbonyl (C=O) groups excluding carboxylic acids is 2. The number of carbonyl (C=O) groups is 2. The summed E-state index contributed by atoms with van der Waals surface area (Å²) in [5.41, 5.74) is 0. The van der Waals surface area contributed by atoms with Gasteiger partial charge in [0.05, 0.1) is 13.2 Å². The van der Waals surface area contributed by atoms with Crippen LogP contribution in [-0.2, 0) is 19.1 Å². The van der Waals surface area contributed by atoms with Crippen LogP contribution in [0.1, 0.15) is 92.9 Å². The number of hydrogen-bond donors (Lipinski definition) is 0. The lowest BCUT2D eigenvalue weighted by atomic mass is 9.88. The average molecular weight is 397 g/mol. The fraction of sp³-hybridized carbons (Fsp3) is 0.833. The van der Waals surface area contributed by atoms with Crippen LogP contribution in [0.4, 0.5) is 0 Å². The molecule has 0 bridgehead atoms. The van der Waals surface area contributed by atoms with Crippen molar-refractivity contribution in [2.45, 2.75) is 92.9 Å². The zero-order valence-electron chi connectivity index (χ0n) is 19.2. The van der Waals surface area contributed by atoms with Crippen molar-refractivity contribution in [3.8, 4) is 0 Å². The van der Waals surface area contributed by atoms with Gasteiger partial charge in [-0.25, -0.2) is 9.59 Å². The molecule has 0 aliphatic rings. The van der Waals surface area contributed by atoms with E-state index in [-0.39, 0.29) is 0 Å². The topological polar surface area (TPSA) is 52.6 Å². The van der Waals surface area contributed by atoms with Gasteiger partial charge in [-0.3, -0.25) is 0 Å². The molecule has 0 saturated carbocycles. The summed E-state index contributed by atoms with van der Waals surface area (Å²) in [7, 11) is 0. The first kappa shape index (κ1) is 26.7. The highest BCUT2D eigenvalue weighted by atomic mass is 16.5. The summed E-state index contributed by atoms with van der Waals surface area (Å²) < 4.78 is 10.5. The van der Waals surface area contributed by atoms with Crippen LogP contribution in [0.5, 0.6) is 0 Å². The second kappa shape index (κ2) is 16.6.